The topological polar surface area (TPSA) is 26.3 Å². The Balaban J connectivity index is 0.000000561. The van der Waals surface area contributed by atoms with Crippen LogP contribution in [0.4, 0.5) is 0 Å². The summed E-state index contributed by atoms with van der Waals surface area (Å²) in [6.45, 7) is 4.00. The molecule has 72 valence electrons. The molecule has 1 aliphatic heterocycles. The van der Waals surface area contributed by atoms with E-state index in [4.69, 9.17) is 0 Å². The van der Waals surface area contributed by atoms with Crippen LogP contribution in [0.15, 0.2) is 0 Å². The summed E-state index contributed by atoms with van der Waals surface area (Å²) < 4.78 is 4.62. The van der Waals surface area contributed by atoms with Gasteiger partial charge < -0.3 is 4.74 Å². The lowest BCUT2D eigenvalue weighted by Gasteiger charge is -2.17. The fourth-order valence-electron chi connectivity index (χ4n) is 0.780. The maximum atomic E-state index is 10.9. The Labute approximate surface area is 82.8 Å². The van der Waals surface area contributed by atoms with Crippen molar-refractivity contribution in [3.05, 3.63) is 0 Å². The van der Waals surface area contributed by atoms with Crippen molar-refractivity contribution < 1.29 is 9.53 Å². The molecular formula is C8H16O2S2. The van der Waals surface area contributed by atoms with E-state index < -0.39 is 0 Å². The quantitative estimate of drug-likeness (QED) is 0.618. The van der Waals surface area contributed by atoms with Crippen LogP contribution >= 0.6 is 23.5 Å². The number of ether oxygens (including phenoxy) is 1. The molecule has 1 aliphatic rings. The van der Waals surface area contributed by atoms with Gasteiger partial charge in [-0.25, -0.2) is 0 Å². The second kappa shape index (κ2) is 7.80. The van der Waals surface area contributed by atoms with E-state index in [2.05, 4.69) is 4.74 Å². The van der Waals surface area contributed by atoms with Crippen LogP contribution in [0.3, 0.4) is 0 Å². The third-order valence-electron chi connectivity index (χ3n) is 1.34. The van der Waals surface area contributed by atoms with E-state index in [0.29, 0.717) is 0 Å². The van der Waals surface area contributed by atoms with Crippen LogP contribution in [0, 0.1) is 0 Å². The van der Waals surface area contributed by atoms with E-state index in [1.807, 2.05) is 25.6 Å². The van der Waals surface area contributed by atoms with Crippen molar-refractivity contribution in [1.82, 2.24) is 0 Å². The van der Waals surface area contributed by atoms with Gasteiger partial charge in [-0.2, -0.15) is 11.8 Å². The molecule has 0 radical (unpaired) electrons. The minimum absolute atomic E-state index is 0.0645. The molecule has 1 atom stereocenters. The first-order chi connectivity index (χ1) is 5.84. The molecule has 0 aromatic carbocycles. The third kappa shape index (κ3) is 4.26. The Morgan fingerprint density at radius 3 is 2.58 bits per heavy atom. The van der Waals surface area contributed by atoms with Crippen molar-refractivity contribution in [3.8, 4) is 0 Å². The van der Waals surface area contributed by atoms with E-state index in [9.17, 15) is 4.79 Å². The average Bonchev–Trinajstić information content (AvgIpc) is 2.21. The van der Waals surface area contributed by atoms with Gasteiger partial charge in [0.2, 0.25) is 0 Å². The largest absolute Gasteiger partial charge is 0.468 e. The van der Waals surface area contributed by atoms with Crippen molar-refractivity contribution in [2.45, 2.75) is 25.5 Å². The lowest BCUT2D eigenvalue weighted by Crippen LogP contribution is -2.22. The van der Waals surface area contributed by atoms with Gasteiger partial charge in [-0.3, -0.25) is 4.79 Å². The smallest absolute Gasteiger partial charge is 0.318 e. The minimum atomic E-state index is -0.0645. The lowest BCUT2D eigenvalue weighted by molar-refractivity contribution is -0.139. The monoisotopic (exact) mass is 208 g/mol. The second-order valence-corrected chi connectivity index (χ2v) is 4.65. The van der Waals surface area contributed by atoms with Gasteiger partial charge >= 0.3 is 5.97 Å². The van der Waals surface area contributed by atoms with Gasteiger partial charge in [-0.05, 0) is 12.2 Å². The molecular weight excluding hydrogens is 192 g/mol. The van der Waals surface area contributed by atoms with Crippen LogP contribution in [-0.4, -0.2) is 29.2 Å². The SMILES string of the molecule is CC.COC(=O)C1CCSCS1. The lowest BCUT2D eigenvalue weighted by atomic mass is 10.3. The normalized spacial score (nSPS) is 22.1. The fourth-order valence-corrected chi connectivity index (χ4v) is 3.36. The Kier molecular flexibility index (Phi) is 7.91. The number of methoxy groups -OCH3 is 1. The highest BCUT2D eigenvalue weighted by Gasteiger charge is 2.21. The molecule has 1 rings (SSSR count). The zero-order valence-electron chi connectivity index (χ0n) is 7.83. The number of hydrogen-bond donors (Lipinski definition) is 0. The van der Waals surface area contributed by atoms with Crippen molar-refractivity contribution in [2.24, 2.45) is 0 Å². The Morgan fingerprint density at radius 2 is 2.17 bits per heavy atom. The van der Waals surface area contributed by atoms with E-state index >= 15 is 0 Å². The van der Waals surface area contributed by atoms with E-state index in [-0.39, 0.29) is 11.2 Å². The van der Waals surface area contributed by atoms with Gasteiger partial charge in [0.05, 0.1) is 7.11 Å². The van der Waals surface area contributed by atoms with E-state index in [1.54, 1.807) is 11.8 Å². The molecule has 0 saturated carbocycles. The third-order valence-corrected chi connectivity index (χ3v) is 3.91. The number of hydrogen-bond acceptors (Lipinski definition) is 4. The highest BCUT2D eigenvalue weighted by Crippen LogP contribution is 2.28. The molecule has 0 bridgehead atoms. The zero-order valence-corrected chi connectivity index (χ0v) is 9.46. The summed E-state index contributed by atoms with van der Waals surface area (Å²) >= 11 is 3.57. The predicted octanol–water partition coefficient (Wildman–Crippen LogP) is 2.38. The number of carbonyl (C=O) groups excluding carboxylic acids is 1. The molecule has 0 aliphatic carbocycles. The zero-order chi connectivity index (χ0) is 9.40. The summed E-state index contributed by atoms with van der Waals surface area (Å²) in [5.74, 6) is 1.03. The number of esters is 1. The van der Waals surface area contributed by atoms with Crippen LogP contribution in [-0.2, 0) is 9.53 Å². The first-order valence-corrected chi connectivity index (χ1v) is 6.32. The molecule has 4 heteroatoms. The highest BCUT2D eigenvalue weighted by atomic mass is 32.2. The average molecular weight is 208 g/mol. The predicted molar refractivity (Wildman–Crippen MR) is 56.7 cm³/mol. The van der Waals surface area contributed by atoms with Crippen LogP contribution in [0.5, 0.6) is 0 Å². The summed E-state index contributed by atoms with van der Waals surface area (Å²) in [5, 5.41) is 1.13. The van der Waals surface area contributed by atoms with Crippen molar-refractivity contribution in [2.75, 3.05) is 17.9 Å². The van der Waals surface area contributed by atoms with Gasteiger partial charge in [0.25, 0.3) is 0 Å². The molecule has 1 saturated heterocycles. The second-order valence-electron chi connectivity index (χ2n) is 1.99. The van der Waals surface area contributed by atoms with Crippen LogP contribution in [0.2, 0.25) is 0 Å². The maximum absolute atomic E-state index is 10.9. The molecule has 0 aromatic rings. The summed E-state index contributed by atoms with van der Waals surface area (Å²) in [6.07, 6.45) is 0.960. The summed E-state index contributed by atoms with van der Waals surface area (Å²) in [4.78, 5) is 10.9. The molecule has 0 spiro atoms. The van der Waals surface area contributed by atoms with Gasteiger partial charge in [0, 0.05) is 5.08 Å². The van der Waals surface area contributed by atoms with Gasteiger partial charge in [-0.15, -0.1) is 11.8 Å². The van der Waals surface area contributed by atoms with Crippen LogP contribution < -0.4 is 0 Å². The standard InChI is InChI=1S/C6H10O2S2.C2H6/c1-8-6(7)5-2-3-9-4-10-5;1-2/h5H,2-4H2,1H3;1-2H3. The summed E-state index contributed by atoms with van der Waals surface area (Å²) in [6, 6.07) is 0. The fraction of sp³-hybridized carbons (Fsp3) is 0.875. The molecule has 0 amide bonds. The molecule has 12 heavy (non-hydrogen) atoms. The first-order valence-electron chi connectivity index (χ1n) is 4.12. The first kappa shape index (κ1) is 12.2. The van der Waals surface area contributed by atoms with Crippen LogP contribution in [0.1, 0.15) is 20.3 Å². The minimum Gasteiger partial charge on any atom is -0.468 e. The Bertz CT molecular complexity index is 122. The van der Waals surface area contributed by atoms with Crippen molar-refractivity contribution in [1.29, 1.82) is 0 Å². The number of carbonyl (C=O) groups is 1. The molecule has 0 aromatic heterocycles. The molecule has 1 unspecified atom stereocenters. The molecule has 0 N–H and O–H groups in total. The Morgan fingerprint density at radius 1 is 1.50 bits per heavy atom. The molecule has 2 nitrogen and oxygen atoms in total. The van der Waals surface area contributed by atoms with E-state index in [1.165, 1.54) is 7.11 Å². The summed E-state index contributed by atoms with van der Waals surface area (Å²) in [5.41, 5.74) is 0. The van der Waals surface area contributed by atoms with Gasteiger partial charge in [0.15, 0.2) is 0 Å². The maximum Gasteiger partial charge on any atom is 0.318 e. The number of rotatable bonds is 1. The highest BCUT2D eigenvalue weighted by molar-refractivity contribution is 8.17. The summed E-state index contributed by atoms with van der Waals surface area (Å²) in [7, 11) is 1.45. The molecule has 1 heterocycles. The Hall–Kier alpha value is 0.170. The number of thioether (sulfide) groups is 2. The molecule has 1 fully saturated rings. The van der Waals surface area contributed by atoms with Gasteiger partial charge in [0.1, 0.15) is 5.25 Å². The van der Waals surface area contributed by atoms with Gasteiger partial charge in [-0.1, -0.05) is 13.8 Å². The van der Waals surface area contributed by atoms with Crippen molar-refractivity contribution in [3.63, 3.8) is 0 Å². The van der Waals surface area contributed by atoms with Crippen molar-refractivity contribution >= 4 is 29.5 Å². The van der Waals surface area contributed by atoms with E-state index in [0.717, 1.165) is 17.3 Å². The van der Waals surface area contributed by atoms with Crippen LogP contribution in [0.25, 0.3) is 0 Å².